The van der Waals surface area contributed by atoms with Gasteiger partial charge >= 0.3 is 5.97 Å². The second-order valence-corrected chi connectivity index (χ2v) is 4.73. The molecule has 1 aromatic heterocycles. The lowest BCUT2D eigenvalue weighted by Gasteiger charge is -2.05. The number of para-hydroxylation sites is 2. The van der Waals surface area contributed by atoms with E-state index in [4.69, 9.17) is 16.3 Å². The Morgan fingerprint density at radius 1 is 1.15 bits per heavy atom. The third kappa shape index (κ3) is 2.65. The van der Waals surface area contributed by atoms with Crippen LogP contribution in [-0.2, 0) is 11.3 Å². The van der Waals surface area contributed by atoms with E-state index in [1.807, 2.05) is 24.3 Å². The summed E-state index contributed by atoms with van der Waals surface area (Å²) >= 11 is 5.78. The molecule has 0 aliphatic rings. The molecule has 100 valence electrons. The van der Waals surface area contributed by atoms with Crippen molar-refractivity contribution in [1.82, 2.24) is 9.55 Å². The minimum absolute atomic E-state index is 0.114. The summed E-state index contributed by atoms with van der Waals surface area (Å²) in [5, 5.41) is 0.602. The number of imidazole rings is 1. The van der Waals surface area contributed by atoms with Crippen molar-refractivity contribution in [2.24, 2.45) is 0 Å². The number of carbonyl (C=O) groups excluding carboxylic acids is 1. The smallest absolute Gasteiger partial charge is 0.331 e. The molecule has 2 aromatic carbocycles. The SMILES string of the molecule is O=C(Cn1cnc2ccccc21)Oc1ccc(Cl)cc1. The summed E-state index contributed by atoms with van der Waals surface area (Å²) in [6.07, 6.45) is 1.63. The molecule has 3 aromatic rings. The molecule has 4 nitrogen and oxygen atoms in total. The van der Waals surface area contributed by atoms with Gasteiger partial charge in [-0.1, -0.05) is 23.7 Å². The van der Waals surface area contributed by atoms with E-state index < -0.39 is 0 Å². The number of carbonyl (C=O) groups is 1. The molecule has 3 rings (SSSR count). The van der Waals surface area contributed by atoms with Crippen LogP contribution < -0.4 is 4.74 Å². The molecule has 20 heavy (non-hydrogen) atoms. The molecule has 0 unspecified atom stereocenters. The fourth-order valence-corrected chi connectivity index (χ4v) is 2.07. The van der Waals surface area contributed by atoms with Crippen molar-refractivity contribution in [3.63, 3.8) is 0 Å². The van der Waals surface area contributed by atoms with Crippen LogP contribution >= 0.6 is 11.6 Å². The van der Waals surface area contributed by atoms with Gasteiger partial charge in [-0.05, 0) is 36.4 Å². The first-order valence-electron chi connectivity index (χ1n) is 6.08. The van der Waals surface area contributed by atoms with E-state index in [0.29, 0.717) is 10.8 Å². The highest BCUT2D eigenvalue weighted by Crippen LogP contribution is 2.16. The molecule has 1 heterocycles. The van der Waals surface area contributed by atoms with Crippen LogP contribution in [-0.4, -0.2) is 15.5 Å². The van der Waals surface area contributed by atoms with Crippen molar-refractivity contribution in [3.8, 4) is 5.75 Å². The minimum Gasteiger partial charge on any atom is -0.425 e. The third-order valence-corrected chi connectivity index (χ3v) is 3.12. The Balaban J connectivity index is 1.74. The van der Waals surface area contributed by atoms with E-state index in [-0.39, 0.29) is 12.5 Å². The Kier molecular flexibility index (Phi) is 3.39. The molecule has 0 atom stereocenters. The molecule has 0 saturated heterocycles. The standard InChI is InChI=1S/C15H11ClN2O2/c16-11-5-7-12(8-6-11)20-15(19)9-18-10-17-13-3-1-2-4-14(13)18/h1-8,10H,9H2. The number of aromatic nitrogens is 2. The van der Waals surface area contributed by atoms with E-state index in [1.54, 1.807) is 35.2 Å². The Bertz CT molecular complexity index is 750. The molecule has 5 heteroatoms. The van der Waals surface area contributed by atoms with Crippen LogP contribution in [0.5, 0.6) is 5.75 Å². The van der Waals surface area contributed by atoms with Crippen LogP contribution in [0.1, 0.15) is 0 Å². The quantitative estimate of drug-likeness (QED) is 0.548. The zero-order valence-electron chi connectivity index (χ0n) is 10.5. The molecule has 0 bridgehead atoms. The lowest BCUT2D eigenvalue weighted by atomic mass is 10.3. The largest absolute Gasteiger partial charge is 0.425 e. The van der Waals surface area contributed by atoms with Gasteiger partial charge in [0, 0.05) is 5.02 Å². The van der Waals surface area contributed by atoms with Crippen LogP contribution in [0, 0.1) is 0 Å². The Hall–Kier alpha value is -2.33. The van der Waals surface area contributed by atoms with Gasteiger partial charge in [-0.15, -0.1) is 0 Å². The van der Waals surface area contributed by atoms with Crippen LogP contribution in [0.3, 0.4) is 0 Å². The number of nitrogens with zero attached hydrogens (tertiary/aromatic N) is 2. The topological polar surface area (TPSA) is 44.1 Å². The van der Waals surface area contributed by atoms with E-state index in [9.17, 15) is 4.79 Å². The first-order valence-corrected chi connectivity index (χ1v) is 6.46. The van der Waals surface area contributed by atoms with Crippen LogP contribution in [0.4, 0.5) is 0 Å². The monoisotopic (exact) mass is 286 g/mol. The van der Waals surface area contributed by atoms with Crippen LogP contribution in [0.15, 0.2) is 54.9 Å². The highest BCUT2D eigenvalue weighted by molar-refractivity contribution is 6.30. The number of hydrogen-bond acceptors (Lipinski definition) is 3. The molecule has 0 fully saturated rings. The van der Waals surface area contributed by atoms with E-state index in [2.05, 4.69) is 4.98 Å². The Morgan fingerprint density at radius 3 is 2.70 bits per heavy atom. The van der Waals surface area contributed by atoms with Gasteiger partial charge in [-0.25, -0.2) is 9.78 Å². The van der Waals surface area contributed by atoms with Crippen LogP contribution in [0.2, 0.25) is 5.02 Å². The molecule has 0 aliphatic heterocycles. The van der Waals surface area contributed by atoms with E-state index >= 15 is 0 Å². The summed E-state index contributed by atoms with van der Waals surface area (Å²) in [5.41, 5.74) is 1.76. The predicted octanol–water partition coefficient (Wildman–Crippen LogP) is 3.30. The van der Waals surface area contributed by atoms with Gasteiger partial charge in [0.1, 0.15) is 12.3 Å². The number of fused-ring (bicyclic) bond motifs is 1. The van der Waals surface area contributed by atoms with Gasteiger partial charge in [-0.2, -0.15) is 0 Å². The van der Waals surface area contributed by atoms with Gasteiger partial charge in [0.15, 0.2) is 0 Å². The summed E-state index contributed by atoms with van der Waals surface area (Å²) in [6.45, 7) is 0.114. The molecule has 0 spiro atoms. The summed E-state index contributed by atoms with van der Waals surface area (Å²) in [6, 6.07) is 14.3. The maximum Gasteiger partial charge on any atom is 0.331 e. The second-order valence-electron chi connectivity index (χ2n) is 4.29. The van der Waals surface area contributed by atoms with E-state index in [0.717, 1.165) is 11.0 Å². The second kappa shape index (κ2) is 5.35. The van der Waals surface area contributed by atoms with Gasteiger partial charge < -0.3 is 9.30 Å². The van der Waals surface area contributed by atoms with Crippen molar-refractivity contribution in [2.45, 2.75) is 6.54 Å². The summed E-state index contributed by atoms with van der Waals surface area (Å²) in [5.74, 6) is 0.124. The fraction of sp³-hybridized carbons (Fsp3) is 0.0667. The Labute approximate surface area is 120 Å². The normalized spacial score (nSPS) is 10.7. The molecular weight excluding hydrogens is 276 g/mol. The van der Waals surface area contributed by atoms with Crippen molar-refractivity contribution >= 4 is 28.6 Å². The van der Waals surface area contributed by atoms with Crippen LogP contribution in [0.25, 0.3) is 11.0 Å². The van der Waals surface area contributed by atoms with Gasteiger partial charge in [0.25, 0.3) is 0 Å². The highest BCUT2D eigenvalue weighted by Gasteiger charge is 2.09. The molecule has 0 saturated carbocycles. The van der Waals surface area contributed by atoms with Gasteiger partial charge in [0.05, 0.1) is 17.4 Å². The molecule has 0 N–H and O–H groups in total. The van der Waals surface area contributed by atoms with Crippen molar-refractivity contribution in [2.75, 3.05) is 0 Å². The summed E-state index contributed by atoms with van der Waals surface area (Å²) < 4.78 is 7.00. The molecular formula is C15H11ClN2O2. The van der Waals surface area contributed by atoms with Gasteiger partial charge in [-0.3, -0.25) is 0 Å². The molecule has 0 aliphatic carbocycles. The average Bonchev–Trinajstić information content (AvgIpc) is 2.85. The minimum atomic E-state index is -0.351. The zero-order chi connectivity index (χ0) is 13.9. The highest BCUT2D eigenvalue weighted by atomic mass is 35.5. The summed E-state index contributed by atoms with van der Waals surface area (Å²) in [4.78, 5) is 16.1. The van der Waals surface area contributed by atoms with Crippen molar-refractivity contribution in [3.05, 3.63) is 59.9 Å². The molecule has 0 radical (unpaired) electrons. The molecule has 0 amide bonds. The third-order valence-electron chi connectivity index (χ3n) is 2.87. The van der Waals surface area contributed by atoms with Gasteiger partial charge in [0.2, 0.25) is 0 Å². The first kappa shape index (κ1) is 12.7. The predicted molar refractivity (Wildman–Crippen MR) is 76.8 cm³/mol. The lowest BCUT2D eigenvalue weighted by molar-refractivity contribution is -0.134. The lowest BCUT2D eigenvalue weighted by Crippen LogP contribution is -2.15. The van der Waals surface area contributed by atoms with Crippen molar-refractivity contribution in [1.29, 1.82) is 0 Å². The van der Waals surface area contributed by atoms with E-state index in [1.165, 1.54) is 0 Å². The number of rotatable bonds is 3. The fourth-order valence-electron chi connectivity index (χ4n) is 1.94. The average molecular weight is 287 g/mol. The number of benzene rings is 2. The summed E-state index contributed by atoms with van der Waals surface area (Å²) in [7, 11) is 0. The number of hydrogen-bond donors (Lipinski definition) is 0. The number of ether oxygens (including phenoxy) is 1. The first-order chi connectivity index (χ1) is 9.72. The Morgan fingerprint density at radius 2 is 1.90 bits per heavy atom. The number of esters is 1. The maximum absolute atomic E-state index is 11.9. The van der Waals surface area contributed by atoms with Crippen molar-refractivity contribution < 1.29 is 9.53 Å². The number of halogens is 1. The maximum atomic E-state index is 11.9. The zero-order valence-corrected chi connectivity index (χ0v) is 11.2.